The van der Waals surface area contributed by atoms with Gasteiger partial charge in [-0.1, -0.05) is 31.7 Å². The number of ketones is 1. The van der Waals surface area contributed by atoms with Gasteiger partial charge in [0.25, 0.3) is 0 Å². The van der Waals surface area contributed by atoms with E-state index in [1.807, 2.05) is 6.07 Å². The van der Waals surface area contributed by atoms with E-state index in [0.29, 0.717) is 11.5 Å². The van der Waals surface area contributed by atoms with Crippen LogP contribution < -0.4 is 0 Å². The molecule has 0 heterocycles. The summed E-state index contributed by atoms with van der Waals surface area (Å²) in [6.07, 6.45) is 6.98. The van der Waals surface area contributed by atoms with Gasteiger partial charge in [0.1, 0.15) is 11.6 Å². The van der Waals surface area contributed by atoms with E-state index in [1.165, 1.54) is 49.6 Å². The first-order chi connectivity index (χ1) is 8.75. The van der Waals surface area contributed by atoms with Crippen LogP contribution in [0.25, 0.3) is 0 Å². The fourth-order valence-electron chi connectivity index (χ4n) is 2.43. The summed E-state index contributed by atoms with van der Waals surface area (Å²) in [6.45, 7) is 0. The molecule has 0 aliphatic heterocycles. The molecule has 1 fully saturated rings. The lowest BCUT2D eigenvalue weighted by molar-refractivity contribution is -0.120. The Morgan fingerprint density at radius 1 is 1.22 bits per heavy atom. The van der Waals surface area contributed by atoms with E-state index < -0.39 is 0 Å². The minimum Gasteiger partial charge on any atom is -0.298 e. The average Bonchev–Trinajstić information content (AvgIpc) is 2.65. The molecule has 0 bridgehead atoms. The normalized spacial score (nSPS) is 17.4. The Hall–Kier alpha value is -0.830. The Balaban J connectivity index is 1.83. The fraction of sp³-hybridized carbons (Fsp3) is 0.533. The van der Waals surface area contributed by atoms with Crippen LogP contribution in [-0.2, 0) is 4.79 Å². The summed E-state index contributed by atoms with van der Waals surface area (Å²) in [7, 11) is 0. The largest absolute Gasteiger partial charge is 0.298 e. The van der Waals surface area contributed by atoms with Gasteiger partial charge in [0.2, 0.25) is 0 Å². The molecular formula is C15H19FOS. The molecule has 0 spiro atoms. The number of hydrogen-bond acceptors (Lipinski definition) is 2. The van der Waals surface area contributed by atoms with Crippen molar-refractivity contribution in [3.8, 4) is 0 Å². The molecule has 1 nitrogen and oxygen atoms in total. The van der Waals surface area contributed by atoms with Crippen LogP contribution in [-0.4, -0.2) is 11.5 Å². The highest BCUT2D eigenvalue weighted by molar-refractivity contribution is 8.00. The second-order valence-corrected chi connectivity index (χ2v) is 5.95. The molecule has 1 aromatic carbocycles. The van der Waals surface area contributed by atoms with Gasteiger partial charge >= 0.3 is 0 Å². The Kier molecular flexibility index (Phi) is 5.24. The van der Waals surface area contributed by atoms with E-state index >= 15 is 0 Å². The van der Waals surface area contributed by atoms with Crippen molar-refractivity contribution in [2.75, 3.05) is 5.75 Å². The van der Waals surface area contributed by atoms with Crippen molar-refractivity contribution in [3.63, 3.8) is 0 Å². The zero-order valence-electron chi connectivity index (χ0n) is 10.5. The van der Waals surface area contributed by atoms with Crippen molar-refractivity contribution in [3.05, 3.63) is 30.1 Å². The maximum absolute atomic E-state index is 13.0. The Labute approximate surface area is 112 Å². The average molecular weight is 266 g/mol. The summed E-state index contributed by atoms with van der Waals surface area (Å²) >= 11 is 1.45. The van der Waals surface area contributed by atoms with Crippen molar-refractivity contribution in [2.45, 2.75) is 43.4 Å². The van der Waals surface area contributed by atoms with Gasteiger partial charge in [0, 0.05) is 10.8 Å². The maximum Gasteiger partial charge on any atom is 0.146 e. The number of thioether (sulfide) groups is 1. The van der Waals surface area contributed by atoms with E-state index in [9.17, 15) is 9.18 Å². The van der Waals surface area contributed by atoms with Crippen molar-refractivity contribution in [2.24, 2.45) is 5.92 Å². The standard InChI is InChI=1S/C15H19FOS/c16-13-8-5-9-14(10-13)18-11-15(17)12-6-3-1-2-4-7-12/h5,8-10,12H,1-4,6-7,11H2. The highest BCUT2D eigenvalue weighted by atomic mass is 32.2. The fourth-order valence-corrected chi connectivity index (χ4v) is 3.35. The van der Waals surface area contributed by atoms with E-state index in [2.05, 4.69) is 0 Å². The van der Waals surface area contributed by atoms with Gasteiger partial charge in [-0.2, -0.15) is 0 Å². The molecule has 0 saturated heterocycles. The summed E-state index contributed by atoms with van der Waals surface area (Å²) in [5.41, 5.74) is 0. The molecule has 0 N–H and O–H groups in total. The predicted molar refractivity (Wildman–Crippen MR) is 73.3 cm³/mol. The van der Waals surface area contributed by atoms with Crippen molar-refractivity contribution in [1.82, 2.24) is 0 Å². The summed E-state index contributed by atoms with van der Waals surface area (Å²) in [5, 5.41) is 0. The number of carbonyl (C=O) groups excluding carboxylic acids is 1. The molecule has 1 aliphatic rings. The summed E-state index contributed by atoms with van der Waals surface area (Å²) < 4.78 is 13.0. The van der Waals surface area contributed by atoms with Crippen LogP contribution in [0.2, 0.25) is 0 Å². The highest BCUT2D eigenvalue weighted by Crippen LogP contribution is 2.26. The van der Waals surface area contributed by atoms with E-state index in [4.69, 9.17) is 0 Å². The number of rotatable bonds is 4. The first-order valence-electron chi connectivity index (χ1n) is 6.67. The third-order valence-electron chi connectivity index (χ3n) is 3.49. The minimum absolute atomic E-state index is 0.234. The van der Waals surface area contributed by atoms with Crippen molar-refractivity contribution >= 4 is 17.5 Å². The van der Waals surface area contributed by atoms with Gasteiger partial charge in [-0.25, -0.2) is 4.39 Å². The van der Waals surface area contributed by atoms with Crippen LogP contribution in [0.3, 0.4) is 0 Å². The zero-order valence-corrected chi connectivity index (χ0v) is 11.3. The van der Waals surface area contributed by atoms with Gasteiger partial charge in [-0.15, -0.1) is 11.8 Å². The molecule has 0 amide bonds. The van der Waals surface area contributed by atoms with E-state index in [0.717, 1.165) is 17.7 Å². The lowest BCUT2D eigenvalue weighted by Crippen LogP contribution is -2.15. The second kappa shape index (κ2) is 6.93. The molecule has 0 atom stereocenters. The number of benzene rings is 1. The smallest absolute Gasteiger partial charge is 0.146 e. The molecule has 0 radical (unpaired) electrons. The lowest BCUT2D eigenvalue weighted by atomic mass is 9.96. The van der Waals surface area contributed by atoms with E-state index in [-0.39, 0.29) is 11.7 Å². The molecular weight excluding hydrogens is 247 g/mol. The Bertz CT molecular complexity index is 397. The number of halogens is 1. The quantitative estimate of drug-likeness (QED) is 0.591. The van der Waals surface area contributed by atoms with Crippen LogP contribution in [0.4, 0.5) is 4.39 Å². The van der Waals surface area contributed by atoms with Gasteiger partial charge in [-0.05, 0) is 31.0 Å². The minimum atomic E-state index is -0.234. The van der Waals surface area contributed by atoms with Gasteiger partial charge in [-0.3, -0.25) is 4.79 Å². The van der Waals surface area contributed by atoms with Crippen LogP contribution in [0, 0.1) is 11.7 Å². The molecule has 1 saturated carbocycles. The van der Waals surface area contributed by atoms with Gasteiger partial charge < -0.3 is 0 Å². The van der Waals surface area contributed by atoms with Crippen LogP contribution in [0.5, 0.6) is 0 Å². The molecule has 2 rings (SSSR count). The third kappa shape index (κ3) is 4.13. The van der Waals surface area contributed by atoms with E-state index in [1.54, 1.807) is 6.07 Å². The first-order valence-corrected chi connectivity index (χ1v) is 7.65. The van der Waals surface area contributed by atoms with Crippen LogP contribution in [0.15, 0.2) is 29.2 Å². The maximum atomic E-state index is 13.0. The summed E-state index contributed by atoms with van der Waals surface area (Å²) in [5.74, 6) is 0.829. The van der Waals surface area contributed by atoms with Crippen molar-refractivity contribution < 1.29 is 9.18 Å². The Morgan fingerprint density at radius 3 is 2.61 bits per heavy atom. The molecule has 18 heavy (non-hydrogen) atoms. The monoisotopic (exact) mass is 266 g/mol. The lowest BCUT2D eigenvalue weighted by Gasteiger charge is -2.12. The van der Waals surface area contributed by atoms with Gasteiger partial charge in [0.15, 0.2) is 0 Å². The molecule has 3 heteroatoms. The SMILES string of the molecule is O=C(CSc1cccc(F)c1)C1CCCCCC1. The van der Waals surface area contributed by atoms with Crippen molar-refractivity contribution in [1.29, 1.82) is 0 Å². The summed E-state index contributed by atoms with van der Waals surface area (Å²) in [6, 6.07) is 6.46. The Morgan fingerprint density at radius 2 is 1.94 bits per heavy atom. The van der Waals surface area contributed by atoms with Gasteiger partial charge in [0.05, 0.1) is 5.75 Å². The predicted octanol–water partition coefficient (Wildman–Crippen LogP) is 4.46. The molecule has 1 aliphatic carbocycles. The molecule has 0 aromatic heterocycles. The third-order valence-corrected chi connectivity index (χ3v) is 4.50. The number of hydrogen-bond donors (Lipinski definition) is 0. The number of Topliss-reactive ketones (excluding diaryl/α,β-unsaturated/α-hetero) is 1. The van der Waals surface area contributed by atoms with Crippen LogP contribution >= 0.6 is 11.8 Å². The van der Waals surface area contributed by atoms with Crippen LogP contribution in [0.1, 0.15) is 38.5 Å². The summed E-state index contributed by atoms with van der Waals surface area (Å²) in [4.78, 5) is 12.9. The molecule has 0 unspecified atom stereocenters. The highest BCUT2D eigenvalue weighted by Gasteiger charge is 2.19. The zero-order chi connectivity index (χ0) is 12.8. The molecule has 1 aromatic rings. The second-order valence-electron chi connectivity index (χ2n) is 4.90. The molecule has 98 valence electrons. The first kappa shape index (κ1) is 13.6. The topological polar surface area (TPSA) is 17.1 Å². The number of carbonyl (C=O) groups is 1.